The third-order valence-electron chi connectivity index (χ3n) is 4.17. The minimum Gasteiger partial charge on any atom is -0.481 e. The Morgan fingerprint density at radius 2 is 2.24 bits per heavy atom. The first-order chi connectivity index (χ1) is 9.97. The maximum absolute atomic E-state index is 12.2. The van der Waals surface area contributed by atoms with Crippen molar-refractivity contribution in [3.8, 4) is 0 Å². The van der Waals surface area contributed by atoms with Crippen LogP contribution in [0.2, 0.25) is 0 Å². The molecule has 116 valence electrons. The monoisotopic (exact) mass is 311 g/mol. The van der Waals surface area contributed by atoms with Gasteiger partial charge in [-0.1, -0.05) is 12.8 Å². The lowest BCUT2D eigenvalue weighted by Crippen LogP contribution is -2.52. The molecular formula is C15H21NO4S. The average Bonchev–Trinajstić information content (AvgIpc) is 2.90. The lowest BCUT2D eigenvalue weighted by Gasteiger charge is -2.38. The molecule has 1 aromatic heterocycles. The fraction of sp³-hybridized carbons (Fsp3) is 0.600. The van der Waals surface area contributed by atoms with Gasteiger partial charge in [-0.2, -0.15) is 11.8 Å². The van der Waals surface area contributed by atoms with Crippen molar-refractivity contribution in [2.24, 2.45) is 5.41 Å². The quantitative estimate of drug-likeness (QED) is 0.874. The number of carboxylic acid groups (broad SMARTS) is 1. The molecule has 1 heterocycles. The number of carbonyl (C=O) groups is 2. The summed E-state index contributed by atoms with van der Waals surface area (Å²) in [5, 5.41) is 12.3. The van der Waals surface area contributed by atoms with E-state index in [0.29, 0.717) is 18.6 Å². The SMILES string of the molecule is CSCc1ccc(C(=O)NC2CCCCC2(C)C(=O)O)o1. The summed E-state index contributed by atoms with van der Waals surface area (Å²) in [6.45, 7) is 1.71. The zero-order valence-corrected chi connectivity index (χ0v) is 13.2. The highest BCUT2D eigenvalue weighted by Gasteiger charge is 2.44. The molecule has 1 saturated carbocycles. The van der Waals surface area contributed by atoms with Crippen molar-refractivity contribution in [1.82, 2.24) is 5.32 Å². The van der Waals surface area contributed by atoms with Crippen LogP contribution < -0.4 is 5.32 Å². The van der Waals surface area contributed by atoms with Crippen molar-refractivity contribution in [3.05, 3.63) is 23.7 Å². The van der Waals surface area contributed by atoms with Crippen molar-refractivity contribution < 1.29 is 19.1 Å². The fourth-order valence-corrected chi connectivity index (χ4v) is 3.21. The summed E-state index contributed by atoms with van der Waals surface area (Å²) in [5.74, 6) is 0.523. The number of nitrogens with one attached hydrogen (secondary N) is 1. The number of carbonyl (C=O) groups excluding carboxylic acids is 1. The first-order valence-electron chi connectivity index (χ1n) is 7.09. The molecule has 1 aliphatic rings. The van der Waals surface area contributed by atoms with E-state index in [1.54, 1.807) is 30.8 Å². The summed E-state index contributed by atoms with van der Waals surface area (Å²) in [7, 11) is 0. The predicted molar refractivity (Wildman–Crippen MR) is 81.4 cm³/mol. The Hall–Kier alpha value is -1.43. The van der Waals surface area contributed by atoms with E-state index in [0.717, 1.165) is 18.6 Å². The minimum absolute atomic E-state index is 0.248. The molecule has 2 N–H and O–H groups in total. The van der Waals surface area contributed by atoms with Crippen LogP contribution >= 0.6 is 11.8 Å². The molecule has 1 amide bonds. The number of aliphatic carboxylic acids is 1. The molecule has 5 nitrogen and oxygen atoms in total. The van der Waals surface area contributed by atoms with Gasteiger partial charge in [0.2, 0.25) is 0 Å². The molecule has 0 radical (unpaired) electrons. The summed E-state index contributed by atoms with van der Waals surface area (Å²) in [6.07, 6.45) is 5.05. The summed E-state index contributed by atoms with van der Waals surface area (Å²) in [5.41, 5.74) is -0.900. The van der Waals surface area contributed by atoms with E-state index in [2.05, 4.69) is 5.32 Å². The van der Waals surface area contributed by atoms with E-state index in [1.807, 2.05) is 6.26 Å². The molecule has 2 rings (SSSR count). The second kappa shape index (κ2) is 6.56. The molecule has 0 saturated heterocycles. The maximum Gasteiger partial charge on any atom is 0.311 e. The summed E-state index contributed by atoms with van der Waals surface area (Å²) in [6, 6.07) is 3.06. The largest absolute Gasteiger partial charge is 0.481 e. The van der Waals surface area contributed by atoms with Gasteiger partial charge in [-0.05, 0) is 38.2 Å². The number of amides is 1. The Morgan fingerprint density at radius 3 is 2.90 bits per heavy atom. The van der Waals surface area contributed by atoms with E-state index in [1.165, 1.54) is 0 Å². The van der Waals surface area contributed by atoms with Gasteiger partial charge in [0.15, 0.2) is 5.76 Å². The maximum atomic E-state index is 12.2. The molecule has 6 heteroatoms. The third kappa shape index (κ3) is 3.43. The lowest BCUT2D eigenvalue weighted by atomic mass is 9.71. The normalized spacial score (nSPS) is 25.5. The van der Waals surface area contributed by atoms with Crippen LogP contribution in [0.15, 0.2) is 16.5 Å². The predicted octanol–water partition coefficient (Wildman–Crippen LogP) is 2.91. The Balaban J connectivity index is 2.07. The third-order valence-corrected chi connectivity index (χ3v) is 4.75. The molecule has 21 heavy (non-hydrogen) atoms. The van der Waals surface area contributed by atoms with Gasteiger partial charge in [0.1, 0.15) is 5.76 Å². The molecule has 0 aromatic carbocycles. The van der Waals surface area contributed by atoms with Crippen molar-refractivity contribution in [2.75, 3.05) is 6.26 Å². The zero-order chi connectivity index (χ0) is 15.5. The van der Waals surface area contributed by atoms with Crippen LogP contribution in [0.5, 0.6) is 0 Å². The van der Waals surface area contributed by atoms with Crippen LogP contribution in [0.3, 0.4) is 0 Å². The molecule has 2 unspecified atom stereocenters. The molecule has 2 atom stereocenters. The van der Waals surface area contributed by atoms with Crippen LogP contribution in [0.4, 0.5) is 0 Å². The van der Waals surface area contributed by atoms with E-state index in [-0.39, 0.29) is 17.7 Å². The van der Waals surface area contributed by atoms with Crippen LogP contribution in [0, 0.1) is 5.41 Å². The highest BCUT2D eigenvalue weighted by atomic mass is 32.2. The smallest absolute Gasteiger partial charge is 0.311 e. The molecular weight excluding hydrogens is 290 g/mol. The molecule has 1 aromatic rings. The van der Waals surface area contributed by atoms with Crippen molar-refractivity contribution in [3.63, 3.8) is 0 Å². The number of rotatable bonds is 5. The first-order valence-corrected chi connectivity index (χ1v) is 8.48. The molecule has 0 spiro atoms. The Kier molecular flexibility index (Phi) is 4.98. The van der Waals surface area contributed by atoms with E-state index in [4.69, 9.17) is 4.42 Å². The van der Waals surface area contributed by atoms with Crippen LogP contribution in [-0.2, 0) is 10.5 Å². The standard InChI is InChI=1S/C15H21NO4S/c1-15(14(18)19)8-4-3-5-12(15)16-13(17)11-7-6-10(20-11)9-21-2/h6-7,12H,3-5,8-9H2,1-2H3,(H,16,17)(H,18,19). The van der Waals surface area contributed by atoms with Crippen molar-refractivity contribution in [2.45, 2.75) is 44.4 Å². The topological polar surface area (TPSA) is 79.5 Å². The number of furan rings is 1. The molecule has 1 fully saturated rings. The Morgan fingerprint density at radius 1 is 1.48 bits per heavy atom. The lowest BCUT2D eigenvalue weighted by molar-refractivity contribution is -0.151. The Bertz CT molecular complexity index is 527. The zero-order valence-electron chi connectivity index (χ0n) is 12.3. The highest BCUT2D eigenvalue weighted by Crippen LogP contribution is 2.36. The summed E-state index contributed by atoms with van der Waals surface area (Å²) >= 11 is 1.62. The number of thioether (sulfide) groups is 1. The van der Waals surface area contributed by atoms with Gasteiger partial charge in [0.25, 0.3) is 5.91 Å². The van der Waals surface area contributed by atoms with Crippen molar-refractivity contribution in [1.29, 1.82) is 0 Å². The van der Waals surface area contributed by atoms with E-state index >= 15 is 0 Å². The van der Waals surface area contributed by atoms with Gasteiger partial charge in [-0.25, -0.2) is 0 Å². The van der Waals surface area contributed by atoms with Crippen LogP contribution in [0.25, 0.3) is 0 Å². The summed E-state index contributed by atoms with van der Waals surface area (Å²) < 4.78 is 5.48. The van der Waals surface area contributed by atoms with Gasteiger partial charge in [-0.3, -0.25) is 9.59 Å². The number of hydrogen-bond acceptors (Lipinski definition) is 4. The minimum atomic E-state index is -0.900. The van der Waals surface area contributed by atoms with Crippen LogP contribution in [0.1, 0.15) is 48.9 Å². The molecule has 0 bridgehead atoms. The average molecular weight is 311 g/mol. The van der Waals surface area contributed by atoms with Gasteiger partial charge in [-0.15, -0.1) is 0 Å². The number of hydrogen-bond donors (Lipinski definition) is 2. The molecule has 1 aliphatic carbocycles. The highest BCUT2D eigenvalue weighted by molar-refractivity contribution is 7.97. The van der Waals surface area contributed by atoms with Crippen molar-refractivity contribution >= 4 is 23.6 Å². The number of carboxylic acids is 1. The van der Waals surface area contributed by atoms with Gasteiger partial charge < -0.3 is 14.8 Å². The van der Waals surface area contributed by atoms with Gasteiger partial charge >= 0.3 is 5.97 Å². The molecule has 0 aliphatic heterocycles. The van der Waals surface area contributed by atoms with E-state index < -0.39 is 11.4 Å². The van der Waals surface area contributed by atoms with Crippen LogP contribution in [-0.4, -0.2) is 29.3 Å². The second-order valence-electron chi connectivity index (χ2n) is 5.69. The fourth-order valence-electron chi connectivity index (χ4n) is 2.77. The van der Waals surface area contributed by atoms with Gasteiger partial charge in [0, 0.05) is 6.04 Å². The summed E-state index contributed by atoms with van der Waals surface area (Å²) in [4.78, 5) is 23.8. The van der Waals surface area contributed by atoms with Gasteiger partial charge in [0.05, 0.1) is 11.2 Å². The van der Waals surface area contributed by atoms with E-state index in [9.17, 15) is 14.7 Å². The Labute approximate surface area is 128 Å². The second-order valence-corrected chi connectivity index (χ2v) is 6.56. The first kappa shape index (κ1) is 15.9.